The highest BCUT2D eigenvalue weighted by molar-refractivity contribution is 5.90. The number of fused-ring (bicyclic) bond motifs is 1. The van der Waals surface area contributed by atoms with E-state index in [0.717, 1.165) is 5.52 Å². The molecule has 5 heteroatoms. The third-order valence-corrected chi connectivity index (χ3v) is 2.14. The zero-order chi connectivity index (χ0) is 10.8. The van der Waals surface area contributed by atoms with Crippen LogP contribution in [0, 0.1) is 0 Å². The predicted molar refractivity (Wildman–Crippen MR) is 54.5 cm³/mol. The average Bonchev–Trinajstić information content (AvgIpc) is 2.57. The number of carbonyl (C=O) groups excluding carboxylic acids is 1. The van der Waals surface area contributed by atoms with Crippen LogP contribution in [0.1, 0.15) is 17.5 Å². The highest BCUT2D eigenvalue weighted by Gasteiger charge is 2.15. The van der Waals surface area contributed by atoms with Gasteiger partial charge in [-0.2, -0.15) is 0 Å². The number of hydrogen-bond acceptors (Lipinski definition) is 4. The Kier molecular flexibility index (Phi) is 2.37. The molecule has 0 saturated heterocycles. The summed E-state index contributed by atoms with van der Waals surface area (Å²) in [6.45, 7) is 2.11. The van der Waals surface area contributed by atoms with Crippen molar-refractivity contribution in [3.63, 3.8) is 0 Å². The molecule has 2 aromatic heterocycles. The number of aryl methyl sites for hydroxylation is 1. The molecule has 0 unspecified atom stereocenters. The van der Waals surface area contributed by atoms with E-state index in [9.17, 15) is 4.79 Å². The van der Waals surface area contributed by atoms with Crippen molar-refractivity contribution in [1.29, 1.82) is 0 Å². The average molecular weight is 205 g/mol. The van der Waals surface area contributed by atoms with Crippen LogP contribution in [0.5, 0.6) is 0 Å². The first-order valence-corrected chi connectivity index (χ1v) is 4.67. The number of ether oxygens (including phenoxy) is 1. The molecule has 5 nitrogen and oxygen atoms in total. The Labute approximate surface area is 86.7 Å². The molecule has 0 aliphatic heterocycles. The summed E-state index contributed by atoms with van der Waals surface area (Å²) in [7, 11) is 1.78. The van der Waals surface area contributed by atoms with Gasteiger partial charge in [0.15, 0.2) is 0 Å². The minimum absolute atomic E-state index is 0.305. The second-order valence-electron chi connectivity index (χ2n) is 3.08. The third kappa shape index (κ3) is 1.56. The van der Waals surface area contributed by atoms with Crippen LogP contribution in [-0.2, 0) is 11.8 Å². The maximum absolute atomic E-state index is 11.5. The van der Waals surface area contributed by atoms with Crippen molar-refractivity contribution >= 4 is 17.0 Å². The van der Waals surface area contributed by atoms with Gasteiger partial charge in [0.2, 0.25) is 5.82 Å². The molecule has 2 rings (SSSR count). The maximum atomic E-state index is 11.5. The Morgan fingerprint density at radius 1 is 1.60 bits per heavy atom. The van der Waals surface area contributed by atoms with Gasteiger partial charge in [-0.05, 0) is 13.0 Å². The van der Waals surface area contributed by atoms with Gasteiger partial charge in [-0.1, -0.05) is 0 Å². The van der Waals surface area contributed by atoms with Crippen LogP contribution in [0.4, 0.5) is 0 Å². The molecule has 78 valence electrons. The quantitative estimate of drug-likeness (QED) is 0.690. The van der Waals surface area contributed by atoms with E-state index in [0.29, 0.717) is 17.9 Å². The van der Waals surface area contributed by atoms with E-state index in [4.69, 9.17) is 4.74 Å². The molecule has 0 spiro atoms. The van der Waals surface area contributed by atoms with E-state index in [2.05, 4.69) is 9.97 Å². The second-order valence-corrected chi connectivity index (χ2v) is 3.08. The van der Waals surface area contributed by atoms with E-state index in [1.807, 2.05) is 6.07 Å². The van der Waals surface area contributed by atoms with Crippen LogP contribution >= 0.6 is 0 Å². The van der Waals surface area contributed by atoms with E-state index in [1.54, 1.807) is 30.9 Å². The molecular formula is C10H11N3O2. The summed E-state index contributed by atoms with van der Waals surface area (Å²) >= 11 is 0. The van der Waals surface area contributed by atoms with Gasteiger partial charge in [0.05, 0.1) is 18.3 Å². The number of esters is 1. The van der Waals surface area contributed by atoms with Crippen LogP contribution in [-0.4, -0.2) is 27.1 Å². The molecule has 15 heavy (non-hydrogen) atoms. The summed E-state index contributed by atoms with van der Waals surface area (Å²) in [5.74, 6) is -0.101. The van der Waals surface area contributed by atoms with Gasteiger partial charge in [-0.3, -0.25) is 4.98 Å². The first-order valence-electron chi connectivity index (χ1n) is 4.67. The Bertz CT molecular complexity index is 504. The zero-order valence-corrected chi connectivity index (χ0v) is 8.60. The van der Waals surface area contributed by atoms with Crippen molar-refractivity contribution in [2.24, 2.45) is 7.05 Å². The molecule has 0 bridgehead atoms. The Balaban J connectivity index is 2.53. The van der Waals surface area contributed by atoms with Gasteiger partial charge in [-0.25, -0.2) is 9.78 Å². The molecule has 2 heterocycles. The molecule has 2 aromatic rings. The Morgan fingerprint density at radius 2 is 2.40 bits per heavy atom. The normalized spacial score (nSPS) is 10.5. The standard InChI is InChI=1S/C10H11N3O2/c1-3-15-10(14)9-12-7-6-11-5-4-8(7)13(9)2/h4-6H,3H2,1-2H3. The fraction of sp³-hybridized carbons (Fsp3) is 0.300. The van der Waals surface area contributed by atoms with Crippen molar-refractivity contribution in [2.45, 2.75) is 6.92 Å². The lowest BCUT2D eigenvalue weighted by molar-refractivity contribution is 0.0508. The molecule has 0 N–H and O–H groups in total. The van der Waals surface area contributed by atoms with Crippen LogP contribution in [0.2, 0.25) is 0 Å². The fourth-order valence-electron chi connectivity index (χ4n) is 1.43. The van der Waals surface area contributed by atoms with Crippen LogP contribution < -0.4 is 0 Å². The zero-order valence-electron chi connectivity index (χ0n) is 8.60. The molecule has 0 amide bonds. The lowest BCUT2D eigenvalue weighted by atomic mass is 10.4. The summed E-state index contributed by atoms with van der Waals surface area (Å²) in [4.78, 5) is 19.6. The predicted octanol–water partition coefficient (Wildman–Crippen LogP) is 1.14. The van der Waals surface area contributed by atoms with E-state index < -0.39 is 5.97 Å². The summed E-state index contributed by atoms with van der Waals surface area (Å²) in [5.41, 5.74) is 1.57. The number of hydrogen-bond donors (Lipinski definition) is 0. The number of aromatic nitrogens is 3. The van der Waals surface area contributed by atoms with Crippen molar-refractivity contribution in [3.8, 4) is 0 Å². The molecule has 0 radical (unpaired) electrons. The van der Waals surface area contributed by atoms with Crippen molar-refractivity contribution in [2.75, 3.05) is 6.61 Å². The van der Waals surface area contributed by atoms with Gasteiger partial charge < -0.3 is 9.30 Å². The minimum Gasteiger partial charge on any atom is -0.460 e. The fourth-order valence-corrected chi connectivity index (χ4v) is 1.43. The topological polar surface area (TPSA) is 57.0 Å². The van der Waals surface area contributed by atoms with Crippen molar-refractivity contribution in [3.05, 3.63) is 24.3 Å². The molecule has 0 aliphatic rings. The molecule has 0 fully saturated rings. The first-order chi connectivity index (χ1) is 7.24. The number of pyridine rings is 1. The number of nitrogens with zero attached hydrogens (tertiary/aromatic N) is 3. The Hall–Kier alpha value is -1.91. The van der Waals surface area contributed by atoms with Gasteiger partial charge in [0, 0.05) is 13.2 Å². The van der Waals surface area contributed by atoms with Gasteiger partial charge in [0.1, 0.15) is 5.52 Å². The third-order valence-electron chi connectivity index (χ3n) is 2.14. The van der Waals surface area contributed by atoms with Gasteiger partial charge >= 0.3 is 5.97 Å². The lowest BCUT2D eigenvalue weighted by Gasteiger charge is -2.00. The number of imidazole rings is 1. The van der Waals surface area contributed by atoms with Crippen LogP contribution in [0.25, 0.3) is 11.0 Å². The largest absolute Gasteiger partial charge is 0.460 e. The maximum Gasteiger partial charge on any atom is 0.374 e. The Morgan fingerprint density at radius 3 is 3.07 bits per heavy atom. The monoisotopic (exact) mass is 205 g/mol. The highest BCUT2D eigenvalue weighted by Crippen LogP contribution is 2.13. The molecular weight excluding hydrogens is 194 g/mol. The molecule has 0 atom stereocenters. The second kappa shape index (κ2) is 3.68. The molecule has 0 saturated carbocycles. The molecule has 0 aliphatic carbocycles. The summed E-state index contributed by atoms with van der Waals surface area (Å²) in [6, 6.07) is 1.81. The summed E-state index contributed by atoms with van der Waals surface area (Å²) < 4.78 is 6.60. The van der Waals surface area contributed by atoms with E-state index in [1.165, 1.54) is 0 Å². The van der Waals surface area contributed by atoms with Crippen LogP contribution in [0.3, 0.4) is 0 Å². The van der Waals surface area contributed by atoms with Crippen LogP contribution in [0.15, 0.2) is 18.5 Å². The highest BCUT2D eigenvalue weighted by atomic mass is 16.5. The SMILES string of the molecule is CCOC(=O)c1nc2cnccc2n1C. The number of rotatable bonds is 2. The van der Waals surface area contributed by atoms with Crippen molar-refractivity contribution in [1.82, 2.24) is 14.5 Å². The molecule has 0 aromatic carbocycles. The van der Waals surface area contributed by atoms with Gasteiger partial charge in [0.25, 0.3) is 0 Å². The number of carbonyl (C=O) groups is 1. The smallest absolute Gasteiger partial charge is 0.374 e. The summed E-state index contributed by atoms with van der Waals surface area (Å²) in [6.07, 6.45) is 3.29. The van der Waals surface area contributed by atoms with E-state index in [-0.39, 0.29) is 0 Å². The lowest BCUT2D eigenvalue weighted by Crippen LogP contribution is -2.11. The summed E-state index contributed by atoms with van der Waals surface area (Å²) in [5, 5.41) is 0. The first kappa shape index (κ1) is 9.64. The minimum atomic E-state index is -0.406. The van der Waals surface area contributed by atoms with Gasteiger partial charge in [-0.15, -0.1) is 0 Å². The van der Waals surface area contributed by atoms with Crippen molar-refractivity contribution < 1.29 is 9.53 Å². The van der Waals surface area contributed by atoms with E-state index >= 15 is 0 Å².